The van der Waals surface area contributed by atoms with Gasteiger partial charge in [0.05, 0.1) is 22.7 Å². The summed E-state index contributed by atoms with van der Waals surface area (Å²) in [7, 11) is 0. The van der Waals surface area contributed by atoms with E-state index >= 15 is 0 Å². The Morgan fingerprint density at radius 1 is 1.04 bits per heavy atom. The first-order valence-electron chi connectivity index (χ1n) is 7.81. The molecule has 2 aromatic carbocycles. The summed E-state index contributed by atoms with van der Waals surface area (Å²) >= 11 is 7.59. The summed E-state index contributed by atoms with van der Waals surface area (Å²) in [4.78, 5) is 8.95. The maximum atomic E-state index is 6.17. The van der Waals surface area contributed by atoms with E-state index in [4.69, 9.17) is 22.0 Å². The van der Waals surface area contributed by atoms with Crippen molar-refractivity contribution in [2.75, 3.05) is 5.84 Å². The Hall–Kier alpha value is -2.77. The van der Waals surface area contributed by atoms with Crippen LogP contribution in [0.1, 0.15) is 5.89 Å². The zero-order valence-electron chi connectivity index (χ0n) is 13.5. The zero-order valence-corrected chi connectivity index (χ0v) is 15.1. The second-order valence-electron chi connectivity index (χ2n) is 5.46. The molecule has 0 atom stereocenters. The number of halogens is 1. The quantitative estimate of drug-likeness (QED) is 0.409. The molecule has 0 fully saturated rings. The highest BCUT2D eigenvalue weighted by Crippen LogP contribution is 2.28. The number of nitrogens with zero attached hydrogens (tertiary/aromatic N) is 4. The van der Waals surface area contributed by atoms with Gasteiger partial charge in [-0.25, -0.2) is 9.66 Å². The molecule has 130 valence electrons. The van der Waals surface area contributed by atoms with E-state index in [2.05, 4.69) is 15.1 Å². The van der Waals surface area contributed by atoms with Crippen LogP contribution in [0.3, 0.4) is 0 Å². The van der Waals surface area contributed by atoms with Gasteiger partial charge in [-0.15, -0.1) is 0 Å². The molecule has 26 heavy (non-hydrogen) atoms. The number of thioether (sulfide) groups is 1. The number of rotatable bonds is 5. The van der Waals surface area contributed by atoms with Crippen LogP contribution in [-0.2, 0) is 5.75 Å². The Kier molecular flexibility index (Phi) is 4.64. The number of hydrogen-bond acceptors (Lipinski definition) is 6. The Morgan fingerprint density at radius 3 is 2.62 bits per heavy atom. The second-order valence-corrected chi connectivity index (χ2v) is 6.81. The molecule has 2 N–H and O–H groups in total. The smallest absolute Gasteiger partial charge is 0.237 e. The van der Waals surface area contributed by atoms with Gasteiger partial charge in [0.2, 0.25) is 11.7 Å². The molecule has 0 aliphatic rings. The van der Waals surface area contributed by atoms with Crippen LogP contribution >= 0.6 is 23.4 Å². The first-order chi connectivity index (χ1) is 12.7. The summed E-state index contributed by atoms with van der Waals surface area (Å²) in [5, 5.41) is 5.24. The molecule has 6 nitrogen and oxygen atoms in total. The predicted octanol–water partition coefficient (Wildman–Crippen LogP) is 4.26. The maximum Gasteiger partial charge on any atom is 0.237 e. The van der Waals surface area contributed by atoms with Crippen LogP contribution in [0.15, 0.2) is 70.5 Å². The summed E-state index contributed by atoms with van der Waals surface area (Å²) in [6.45, 7) is 0. The summed E-state index contributed by atoms with van der Waals surface area (Å²) < 4.78 is 6.81. The van der Waals surface area contributed by atoms with Crippen molar-refractivity contribution in [3.63, 3.8) is 0 Å². The molecule has 0 aliphatic heterocycles. The molecular weight excluding hydrogens is 370 g/mol. The van der Waals surface area contributed by atoms with E-state index in [0.717, 1.165) is 16.8 Å². The molecule has 4 aromatic rings. The first-order valence-corrected chi connectivity index (χ1v) is 9.17. The molecule has 0 saturated heterocycles. The average molecular weight is 384 g/mol. The lowest BCUT2D eigenvalue weighted by atomic mass is 10.2. The molecule has 0 aliphatic carbocycles. The SMILES string of the molecule is Nn1cc(-c2ccccc2)nc1SCc1nc(-c2ccccc2Cl)no1. The lowest BCUT2D eigenvalue weighted by molar-refractivity contribution is 0.391. The standard InChI is InChI=1S/C18H14ClN5OS/c19-14-9-5-4-8-13(14)17-22-16(25-23-17)11-26-18-21-15(10-24(18)20)12-6-2-1-3-7-12/h1-10H,11,20H2. The Balaban J connectivity index is 1.49. The highest BCUT2D eigenvalue weighted by atomic mass is 35.5. The zero-order chi connectivity index (χ0) is 17.9. The summed E-state index contributed by atoms with van der Waals surface area (Å²) in [6.07, 6.45) is 1.79. The number of nitrogens with two attached hydrogens (primary N) is 1. The fourth-order valence-electron chi connectivity index (χ4n) is 2.42. The monoisotopic (exact) mass is 383 g/mol. The van der Waals surface area contributed by atoms with E-state index in [9.17, 15) is 0 Å². The molecule has 0 unspecified atom stereocenters. The van der Waals surface area contributed by atoms with Gasteiger partial charge in [0.15, 0.2) is 5.16 Å². The molecule has 0 bridgehead atoms. The third-order valence-electron chi connectivity index (χ3n) is 3.68. The van der Waals surface area contributed by atoms with E-state index in [1.54, 1.807) is 12.3 Å². The number of nitrogen functional groups attached to an aromatic ring is 1. The van der Waals surface area contributed by atoms with Crippen molar-refractivity contribution in [2.45, 2.75) is 10.9 Å². The molecule has 0 spiro atoms. The Morgan fingerprint density at radius 2 is 1.81 bits per heavy atom. The van der Waals surface area contributed by atoms with Gasteiger partial charge >= 0.3 is 0 Å². The molecule has 0 saturated carbocycles. The Labute approximate surface area is 159 Å². The topological polar surface area (TPSA) is 82.8 Å². The largest absolute Gasteiger partial charge is 0.338 e. The summed E-state index contributed by atoms with van der Waals surface area (Å²) in [5.41, 5.74) is 2.57. The van der Waals surface area contributed by atoms with Crippen molar-refractivity contribution in [1.82, 2.24) is 19.8 Å². The fourth-order valence-corrected chi connectivity index (χ4v) is 3.38. The number of hydrogen-bond donors (Lipinski definition) is 1. The van der Waals surface area contributed by atoms with E-state index in [0.29, 0.717) is 27.6 Å². The summed E-state index contributed by atoms with van der Waals surface area (Å²) in [5.74, 6) is 7.41. The van der Waals surface area contributed by atoms with Crippen molar-refractivity contribution >= 4 is 23.4 Å². The molecule has 2 aromatic heterocycles. The van der Waals surface area contributed by atoms with Gasteiger partial charge in [-0.05, 0) is 12.1 Å². The second kappa shape index (κ2) is 7.23. The molecule has 8 heteroatoms. The van der Waals surface area contributed by atoms with E-state index in [1.165, 1.54) is 16.4 Å². The minimum absolute atomic E-state index is 0.458. The Bertz CT molecular complexity index is 1030. The third kappa shape index (κ3) is 3.44. The van der Waals surface area contributed by atoms with Gasteiger partial charge in [-0.3, -0.25) is 0 Å². The van der Waals surface area contributed by atoms with E-state index < -0.39 is 0 Å². The van der Waals surface area contributed by atoms with Crippen LogP contribution in [0, 0.1) is 0 Å². The van der Waals surface area contributed by atoms with Crippen LogP contribution in [0.25, 0.3) is 22.6 Å². The van der Waals surface area contributed by atoms with Gasteiger partial charge in [0.25, 0.3) is 0 Å². The maximum absolute atomic E-state index is 6.17. The minimum atomic E-state index is 0.458. The number of benzene rings is 2. The summed E-state index contributed by atoms with van der Waals surface area (Å²) in [6, 6.07) is 17.2. The van der Waals surface area contributed by atoms with Crippen LogP contribution in [0.5, 0.6) is 0 Å². The predicted molar refractivity (Wildman–Crippen MR) is 102 cm³/mol. The lowest BCUT2D eigenvalue weighted by Gasteiger charge is -1.97. The van der Waals surface area contributed by atoms with Gasteiger partial charge in [-0.1, -0.05) is 71.0 Å². The average Bonchev–Trinajstić information content (AvgIpc) is 3.28. The van der Waals surface area contributed by atoms with Gasteiger partial charge in [-0.2, -0.15) is 4.98 Å². The molecule has 0 radical (unpaired) electrons. The van der Waals surface area contributed by atoms with Crippen molar-refractivity contribution in [3.8, 4) is 22.6 Å². The van der Waals surface area contributed by atoms with Crippen molar-refractivity contribution in [1.29, 1.82) is 0 Å². The fraction of sp³-hybridized carbons (Fsp3) is 0.0556. The highest BCUT2D eigenvalue weighted by molar-refractivity contribution is 7.98. The van der Waals surface area contributed by atoms with Gasteiger partial charge in [0.1, 0.15) is 0 Å². The van der Waals surface area contributed by atoms with Crippen LogP contribution in [-0.4, -0.2) is 19.8 Å². The van der Waals surface area contributed by atoms with Crippen LogP contribution < -0.4 is 5.84 Å². The minimum Gasteiger partial charge on any atom is -0.338 e. The van der Waals surface area contributed by atoms with Crippen molar-refractivity contribution in [2.24, 2.45) is 0 Å². The van der Waals surface area contributed by atoms with Crippen LogP contribution in [0.2, 0.25) is 5.02 Å². The van der Waals surface area contributed by atoms with Crippen LogP contribution in [0.4, 0.5) is 0 Å². The molecule has 2 heterocycles. The molecule has 4 rings (SSSR count). The van der Waals surface area contributed by atoms with Crippen molar-refractivity contribution < 1.29 is 4.52 Å². The van der Waals surface area contributed by atoms with Gasteiger partial charge in [0, 0.05) is 11.1 Å². The van der Waals surface area contributed by atoms with Crippen molar-refractivity contribution in [3.05, 3.63) is 71.7 Å². The highest BCUT2D eigenvalue weighted by Gasteiger charge is 2.14. The van der Waals surface area contributed by atoms with Gasteiger partial charge < -0.3 is 10.4 Å². The molecular formula is C18H14ClN5OS. The number of imidazole rings is 1. The van der Waals surface area contributed by atoms with E-state index in [1.807, 2.05) is 48.5 Å². The van der Waals surface area contributed by atoms with E-state index in [-0.39, 0.29) is 0 Å². The lowest BCUT2D eigenvalue weighted by Crippen LogP contribution is -2.07. The molecule has 0 amide bonds. The first kappa shape index (κ1) is 16.7. The normalized spacial score (nSPS) is 11.0. The third-order valence-corrected chi connectivity index (χ3v) is 4.96. The number of aromatic nitrogens is 4.